The quantitative estimate of drug-likeness (QED) is 0.186. The highest BCUT2D eigenvalue weighted by atomic mass is 32.1. The summed E-state index contributed by atoms with van der Waals surface area (Å²) in [4.78, 5) is 2.32. The van der Waals surface area contributed by atoms with E-state index in [0.717, 1.165) is 33.6 Å². The fraction of sp³-hybridized carbons (Fsp3) is 0. The zero-order valence-electron chi connectivity index (χ0n) is 26.5. The number of furan rings is 1. The fourth-order valence-electron chi connectivity index (χ4n) is 7.26. The van der Waals surface area contributed by atoms with Crippen molar-refractivity contribution in [1.82, 2.24) is 0 Å². The van der Waals surface area contributed by atoms with Crippen molar-refractivity contribution < 1.29 is 4.42 Å². The summed E-state index contributed by atoms with van der Waals surface area (Å²) in [7, 11) is 0. The number of para-hydroxylation sites is 1. The molecule has 10 aromatic rings. The lowest BCUT2D eigenvalue weighted by molar-refractivity contribution is 0.669. The third-order valence-corrected chi connectivity index (χ3v) is 10.8. The zero-order valence-corrected chi connectivity index (χ0v) is 27.3. The molecule has 0 amide bonds. The summed E-state index contributed by atoms with van der Waals surface area (Å²) in [6.45, 7) is 0. The highest BCUT2D eigenvalue weighted by molar-refractivity contribution is 7.26. The van der Waals surface area contributed by atoms with Gasteiger partial charge in [0.15, 0.2) is 5.58 Å². The monoisotopic (exact) mass is 643 g/mol. The Morgan fingerprint density at radius 2 is 1.00 bits per heavy atom. The summed E-state index contributed by atoms with van der Waals surface area (Å²) < 4.78 is 9.41. The molecule has 0 saturated heterocycles. The van der Waals surface area contributed by atoms with Crippen molar-refractivity contribution in [3.63, 3.8) is 0 Å². The summed E-state index contributed by atoms with van der Waals surface area (Å²) in [5, 5.41) is 7.41. The Kier molecular flexibility index (Phi) is 6.39. The Hall–Kier alpha value is -6.16. The second-order valence-corrected chi connectivity index (χ2v) is 13.6. The van der Waals surface area contributed by atoms with E-state index in [1.165, 1.54) is 58.6 Å². The summed E-state index contributed by atoms with van der Waals surface area (Å²) in [6.07, 6.45) is 0. The van der Waals surface area contributed by atoms with Gasteiger partial charge in [-0.1, -0.05) is 121 Å². The molecule has 49 heavy (non-hydrogen) atoms. The topological polar surface area (TPSA) is 16.4 Å². The van der Waals surface area contributed by atoms with Gasteiger partial charge >= 0.3 is 0 Å². The van der Waals surface area contributed by atoms with Crippen LogP contribution in [-0.4, -0.2) is 0 Å². The van der Waals surface area contributed by atoms with Gasteiger partial charge in [-0.15, -0.1) is 11.3 Å². The van der Waals surface area contributed by atoms with E-state index in [9.17, 15) is 0 Å². The largest absolute Gasteiger partial charge is 0.454 e. The van der Waals surface area contributed by atoms with Crippen molar-refractivity contribution in [3.8, 4) is 22.3 Å². The highest BCUT2D eigenvalue weighted by Gasteiger charge is 2.21. The van der Waals surface area contributed by atoms with Crippen molar-refractivity contribution >= 4 is 81.3 Å². The van der Waals surface area contributed by atoms with E-state index >= 15 is 0 Å². The molecule has 0 aliphatic heterocycles. The minimum absolute atomic E-state index is 0.881. The fourth-order valence-corrected chi connectivity index (χ4v) is 8.54. The number of benzene rings is 8. The van der Waals surface area contributed by atoms with Crippen LogP contribution in [0.25, 0.3) is 75.1 Å². The average molecular weight is 644 g/mol. The molecule has 0 atom stereocenters. The van der Waals surface area contributed by atoms with Gasteiger partial charge in [0.2, 0.25) is 0 Å². The van der Waals surface area contributed by atoms with E-state index in [1.54, 1.807) is 0 Å². The van der Waals surface area contributed by atoms with Crippen molar-refractivity contribution in [1.29, 1.82) is 0 Å². The molecule has 10 rings (SSSR count). The van der Waals surface area contributed by atoms with Gasteiger partial charge in [0, 0.05) is 42.3 Å². The van der Waals surface area contributed by atoms with Gasteiger partial charge in [0.1, 0.15) is 5.58 Å². The van der Waals surface area contributed by atoms with Gasteiger partial charge in [-0.25, -0.2) is 0 Å². The summed E-state index contributed by atoms with van der Waals surface area (Å²) in [5.74, 6) is 0. The lowest BCUT2D eigenvalue weighted by Crippen LogP contribution is -2.10. The van der Waals surface area contributed by atoms with Crippen LogP contribution in [0, 0.1) is 0 Å². The van der Waals surface area contributed by atoms with Gasteiger partial charge < -0.3 is 9.32 Å². The van der Waals surface area contributed by atoms with Crippen LogP contribution < -0.4 is 4.90 Å². The van der Waals surface area contributed by atoms with E-state index < -0.39 is 0 Å². The Morgan fingerprint density at radius 1 is 0.429 bits per heavy atom. The van der Waals surface area contributed by atoms with Gasteiger partial charge in [-0.05, 0) is 87.6 Å². The molecule has 0 aliphatic rings. The molecule has 2 nitrogen and oxygen atoms in total. The summed E-state index contributed by atoms with van der Waals surface area (Å²) in [6, 6.07) is 63.0. The highest BCUT2D eigenvalue weighted by Crippen LogP contribution is 2.47. The van der Waals surface area contributed by atoms with E-state index in [0.29, 0.717) is 0 Å². The Morgan fingerprint density at radius 3 is 1.63 bits per heavy atom. The third kappa shape index (κ3) is 4.62. The Balaban J connectivity index is 1.17. The van der Waals surface area contributed by atoms with E-state index in [1.807, 2.05) is 11.3 Å². The van der Waals surface area contributed by atoms with Crippen molar-refractivity contribution in [2.24, 2.45) is 0 Å². The third-order valence-electron chi connectivity index (χ3n) is 9.65. The standard InChI is InChI=1S/C46H29NOS/c1-3-10-30(11-4-1)32-18-22-36(23-19-32)47(37-24-20-33(21-25-37)31-12-5-2-6-13-31)41-17-9-16-39-44-42(48-45(39)41)27-26-38-40-28-34-14-7-8-15-35(34)29-43(40)49-46(38)44/h1-29H. The SMILES string of the molecule is c1ccc(-c2ccc(N(c3ccc(-c4ccccc4)cc3)c3cccc4c3oc3ccc5c6cc7ccccc7cc6sc5c34)cc2)cc1. The molecule has 3 heteroatoms. The first kappa shape index (κ1) is 27.9. The molecule has 0 N–H and O–H groups in total. The number of anilines is 3. The van der Waals surface area contributed by atoms with Crippen molar-refractivity contribution in [2.75, 3.05) is 4.90 Å². The lowest BCUT2D eigenvalue weighted by Gasteiger charge is -2.26. The zero-order chi connectivity index (χ0) is 32.3. The first-order valence-corrected chi connectivity index (χ1v) is 17.4. The molecule has 0 fully saturated rings. The molecular weight excluding hydrogens is 615 g/mol. The maximum Gasteiger partial charge on any atom is 0.159 e. The van der Waals surface area contributed by atoms with Crippen LogP contribution >= 0.6 is 11.3 Å². The van der Waals surface area contributed by atoms with Gasteiger partial charge in [-0.3, -0.25) is 0 Å². The van der Waals surface area contributed by atoms with Crippen molar-refractivity contribution in [2.45, 2.75) is 0 Å². The number of fused-ring (bicyclic) bond motifs is 8. The molecule has 0 saturated carbocycles. The normalized spacial score (nSPS) is 11.7. The molecule has 2 heterocycles. The number of nitrogens with zero attached hydrogens (tertiary/aromatic N) is 1. The van der Waals surface area contributed by atoms with Crippen LogP contribution in [0.4, 0.5) is 17.1 Å². The van der Waals surface area contributed by atoms with Crippen molar-refractivity contribution in [3.05, 3.63) is 176 Å². The predicted octanol–water partition coefficient (Wildman–Crippen LogP) is 13.9. The minimum atomic E-state index is 0.881. The molecule has 0 radical (unpaired) electrons. The maximum absolute atomic E-state index is 6.84. The maximum atomic E-state index is 6.84. The van der Waals surface area contributed by atoms with Crippen LogP contribution in [0.2, 0.25) is 0 Å². The summed E-state index contributed by atoms with van der Waals surface area (Å²) in [5.41, 5.74) is 9.71. The molecule has 0 spiro atoms. The second-order valence-electron chi connectivity index (χ2n) is 12.5. The Labute approximate surface area is 287 Å². The average Bonchev–Trinajstić information content (AvgIpc) is 3.73. The van der Waals surface area contributed by atoms with E-state index in [4.69, 9.17) is 4.42 Å². The number of hydrogen-bond acceptors (Lipinski definition) is 3. The smallest absolute Gasteiger partial charge is 0.159 e. The number of hydrogen-bond donors (Lipinski definition) is 0. The summed E-state index contributed by atoms with van der Waals surface area (Å²) >= 11 is 1.86. The molecule has 2 aromatic heterocycles. The van der Waals surface area contributed by atoms with Gasteiger partial charge in [0.25, 0.3) is 0 Å². The van der Waals surface area contributed by atoms with Crippen LogP contribution in [0.3, 0.4) is 0 Å². The number of rotatable bonds is 5. The second kappa shape index (κ2) is 11.2. The lowest BCUT2D eigenvalue weighted by atomic mass is 10.0. The van der Waals surface area contributed by atoms with Gasteiger partial charge in [0.05, 0.1) is 5.69 Å². The van der Waals surface area contributed by atoms with Crippen LogP contribution in [0.1, 0.15) is 0 Å². The first-order valence-electron chi connectivity index (χ1n) is 16.6. The molecule has 230 valence electrons. The number of thiophene rings is 1. The van der Waals surface area contributed by atoms with Gasteiger partial charge in [-0.2, -0.15) is 0 Å². The van der Waals surface area contributed by atoms with Crippen LogP contribution in [-0.2, 0) is 0 Å². The van der Waals surface area contributed by atoms with E-state index in [2.05, 4.69) is 181 Å². The van der Waals surface area contributed by atoms with E-state index in [-0.39, 0.29) is 0 Å². The molecule has 0 aliphatic carbocycles. The first-order chi connectivity index (χ1) is 24.3. The minimum Gasteiger partial charge on any atom is -0.454 e. The molecule has 8 aromatic carbocycles. The molecule has 0 unspecified atom stereocenters. The van der Waals surface area contributed by atoms with Crippen LogP contribution in [0.15, 0.2) is 180 Å². The predicted molar refractivity (Wildman–Crippen MR) is 210 cm³/mol. The van der Waals surface area contributed by atoms with Crippen LogP contribution in [0.5, 0.6) is 0 Å². The Bertz CT molecular complexity index is 2710. The molecule has 0 bridgehead atoms. The molecular formula is C46H29NOS.